The van der Waals surface area contributed by atoms with E-state index in [-0.39, 0.29) is 76.9 Å². The van der Waals surface area contributed by atoms with E-state index in [1.165, 1.54) is 33.4 Å². The monoisotopic (exact) mass is 1010 g/mol. The largest absolute Gasteiger partial charge is 0.309 e. The maximum Gasteiger partial charge on any atom is 0.238 e. The van der Waals surface area contributed by atoms with Gasteiger partial charge in [-0.15, -0.1) is 0 Å². The zero-order valence-corrected chi connectivity index (χ0v) is 40.4. The molecule has 0 fully saturated rings. The van der Waals surface area contributed by atoms with Crippen molar-refractivity contribution in [3.05, 3.63) is 278 Å². The maximum atomic E-state index is 9.75. The van der Waals surface area contributed by atoms with Crippen LogP contribution >= 0.6 is 0 Å². The van der Waals surface area contributed by atoms with Crippen LogP contribution in [0.2, 0.25) is 0 Å². The van der Waals surface area contributed by atoms with Gasteiger partial charge in [0.05, 0.1) is 77.4 Å². The summed E-state index contributed by atoms with van der Waals surface area (Å²) in [6, 6.07) is 23.0. The average Bonchev–Trinajstić information content (AvgIpc) is 1.47. The molecule has 0 unspecified atom stereocenters. The van der Waals surface area contributed by atoms with Crippen LogP contribution in [0, 0.1) is 0 Å². The highest BCUT2D eigenvalue weighted by molar-refractivity contribution is 7.20. The van der Waals surface area contributed by atoms with Crippen LogP contribution in [0.15, 0.2) is 278 Å². The average molecular weight is 1010 g/mol. The highest BCUT2D eigenvalue weighted by Gasteiger charge is 2.42. The van der Waals surface area contributed by atoms with E-state index in [1.807, 2.05) is 91.0 Å². The summed E-state index contributed by atoms with van der Waals surface area (Å²) in [6.45, 7) is 0. The summed E-state index contributed by atoms with van der Waals surface area (Å²) in [5.74, 6) is -1.43. The van der Waals surface area contributed by atoms with Gasteiger partial charge >= 0.3 is 0 Å². The molecule has 0 radical (unpaired) electrons. The Kier molecular flexibility index (Phi) is 5.99. The summed E-state index contributed by atoms with van der Waals surface area (Å²) in [4.78, 5) is 15.7. The molecule has 0 spiro atoms. The molecule has 7 heteroatoms. The normalized spacial score (nSPS) is 16.4. The van der Waals surface area contributed by atoms with Crippen LogP contribution in [0.1, 0.15) is 32.9 Å². The zero-order chi connectivity index (χ0) is 71.0. The zero-order valence-electron chi connectivity index (χ0n) is 63.4. The molecule has 15 rings (SSSR count). The van der Waals surface area contributed by atoms with Crippen LogP contribution < -0.4 is 20.7 Å². The molecule has 6 nitrogen and oxygen atoms in total. The molecular weight excluding hydrogens is 941 g/mol. The molecule has 0 aliphatic heterocycles. The van der Waals surface area contributed by atoms with Gasteiger partial charge in [-0.25, -0.2) is 4.98 Å². The van der Waals surface area contributed by atoms with Crippen LogP contribution in [0.3, 0.4) is 0 Å². The van der Waals surface area contributed by atoms with Crippen LogP contribution in [-0.2, 0) is 0 Å². The van der Waals surface area contributed by atoms with Crippen LogP contribution in [0.5, 0.6) is 0 Å². The molecule has 0 saturated carbocycles. The van der Waals surface area contributed by atoms with Crippen molar-refractivity contribution in [2.45, 2.75) is 0 Å². The predicted octanol–water partition coefficient (Wildman–Crippen LogP) is 13.9. The van der Waals surface area contributed by atoms with E-state index >= 15 is 0 Å². The molecule has 0 atom stereocenters. The first-order valence-corrected chi connectivity index (χ1v) is 25.9. The van der Waals surface area contributed by atoms with E-state index < -0.39 is 182 Å². The van der Waals surface area contributed by atoms with Gasteiger partial charge < -0.3 is 9.13 Å². The van der Waals surface area contributed by atoms with Crippen molar-refractivity contribution < 1.29 is 32.9 Å². The van der Waals surface area contributed by atoms with E-state index in [2.05, 4.69) is 0 Å². The van der Waals surface area contributed by atoms with Gasteiger partial charge in [0.2, 0.25) is 5.95 Å². The smallest absolute Gasteiger partial charge is 0.238 e. The molecule has 15 aromatic rings. The molecule has 0 N–H and O–H groups in total. The van der Waals surface area contributed by atoms with Gasteiger partial charge in [0.1, 0.15) is 0 Å². The second-order valence-corrected chi connectivity index (χ2v) is 21.5. The predicted molar refractivity (Wildman–Crippen MR) is 317 cm³/mol. The van der Waals surface area contributed by atoms with E-state index in [4.69, 9.17) is 28.7 Å². The van der Waals surface area contributed by atoms with E-state index in [1.54, 1.807) is 18.2 Å². The van der Waals surface area contributed by atoms with Crippen molar-refractivity contribution in [2.24, 2.45) is 0 Å². The molecule has 4 aromatic heterocycles. The third kappa shape index (κ3) is 6.62. The Morgan fingerprint density at radius 1 is 0.289 bits per heavy atom. The standard InChI is InChI=1S/C69H46N6Si/c1-4-24-47(25-5-1)76(48-26-6-2-7-27-48,49-28-8-3-9-29-49)50-44-45-66(74-61-39-19-12-32-53(61)54-33-13-20-40-62(54)74)58(46-50)68-70-67(71-69(72-68)75-63-41-21-14-34-55(63)56-35-15-22-42-64(56)75)57-36-16-23-43-65(57)73-59-37-17-10-30-51(59)52-31-11-18-38-60(52)73/h1-46H/i10D,11D,12D,13D,14D,15D,17D,18D,19D,20D,21D,22D,30D,31D,32D,33D,34D,35D,37D,38D,39D,40D,41D,42D. The van der Waals surface area contributed by atoms with Gasteiger partial charge in [-0.2, -0.15) is 9.97 Å². The van der Waals surface area contributed by atoms with Gasteiger partial charge in [0.15, 0.2) is 19.7 Å². The quantitative estimate of drug-likeness (QED) is 0.107. The first kappa shape index (κ1) is 25.8. The Morgan fingerprint density at radius 2 is 0.618 bits per heavy atom. The van der Waals surface area contributed by atoms with E-state index in [0.29, 0.717) is 5.19 Å². The lowest BCUT2D eigenvalue weighted by molar-refractivity contribution is 0.950. The summed E-state index contributed by atoms with van der Waals surface area (Å²) in [7, 11) is -3.78. The number of rotatable bonds is 9. The van der Waals surface area contributed by atoms with Crippen molar-refractivity contribution in [3.63, 3.8) is 0 Å². The molecular formula is C69H46N6Si. The number of fused-ring (bicyclic) bond motifs is 9. The minimum atomic E-state index is -3.78. The Morgan fingerprint density at radius 3 is 1.03 bits per heavy atom. The molecule has 0 amide bonds. The number of para-hydroxylation sites is 7. The SMILES string of the molecule is [2H]c1c([2H])c([2H])c2c(c1[2H])c1c([2H])c([2H])c([2H])c([2H])c1n2-c1nc(-c2ccccc2-n2c3c([2H])c([2H])c([2H])c([2H])c3c3c([2H])c([2H])c([2H])c([2H])c32)nc(-c2cc([Si](c3ccccc3)(c3ccccc3)c3ccccc3)ccc2-n2c3c([2H])c([2H])c([2H])c([2H])c3c3c([2H])c([2H])c([2H])c([2H])c32)n1. The molecule has 11 aromatic carbocycles. The van der Waals surface area contributed by atoms with Crippen molar-refractivity contribution >= 4 is 94.2 Å². The second-order valence-electron chi connectivity index (χ2n) is 17.7. The molecule has 0 bridgehead atoms. The maximum absolute atomic E-state index is 9.75. The van der Waals surface area contributed by atoms with E-state index in [9.17, 15) is 19.2 Å². The van der Waals surface area contributed by atoms with Crippen molar-refractivity contribution in [2.75, 3.05) is 0 Å². The minimum absolute atomic E-state index is 0.0807. The number of hydrogen-bond donors (Lipinski definition) is 0. The van der Waals surface area contributed by atoms with Crippen molar-refractivity contribution in [1.29, 1.82) is 0 Å². The fourth-order valence-corrected chi connectivity index (χ4v) is 15.5. The number of benzene rings is 11. The lowest BCUT2D eigenvalue weighted by Crippen LogP contribution is -2.74. The first-order chi connectivity index (χ1) is 47.7. The van der Waals surface area contributed by atoms with Crippen LogP contribution in [-0.4, -0.2) is 36.7 Å². The van der Waals surface area contributed by atoms with Crippen molar-refractivity contribution in [1.82, 2.24) is 28.7 Å². The third-order valence-corrected chi connectivity index (χ3v) is 18.6. The minimum Gasteiger partial charge on any atom is -0.309 e. The Bertz CT molecular complexity index is 5840. The van der Waals surface area contributed by atoms with Crippen molar-refractivity contribution in [3.8, 4) is 40.1 Å². The molecule has 76 heavy (non-hydrogen) atoms. The Labute approximate surface area is 473 Å². The number of aromatic nitrogens is 6. The fourth-order valence-electron chi connectivity index (χ4n) is 10.7. The fraction of sp³-hybridized carbons (Fsp3) is 0. The van der Waals surface area contributed by atoms with E-state index in [0.717, 1.165) is 20.1 Å². The molecule has 0 saturated heterocycles. The molecule has 0 aliphatic rings. The second kappa shape index (κ2) is 17.6. The molecule has 356 valence electrons. The highest BCUT2D eigenvalue weighted by atomic mass is 28.3. The Balaban J connectivity index is 1.20. The summed E-state index contributed by atoms with van der Waals surface area (Å²) in [5, 5.41) is 1.24. The summed E-state index contributed by atoms with van der Waals surface area (Å²) in [6.07, 6.45) is 0. The summed E-state index contributed by atoms with van der Waals surface area (Å²) >= 11 is 0. The topological polar surface area (TPSA) is 53.5 Å². The lowest BCUT2D eigenvalue weighted by atomic mass is 10.1. The number of hydrogen-bond acceptors (Lipinski definition) is 3. The van der Waals surface area contributed by atoms with Gasteiger partial charge in [-0.05, 0) is 81.3 Å². The van der Waals surface area contributed by atoms with Gasteiger partial charge in [0, 0.05) is 43.4 Å². The first-order valence-electron chi connectivity index (χ1n) is 35.9. The van der Waals surface area contributed by atoms with Crippen LogP contribution in [0.4, 0.5) is 0 Å². The summed E-state index contributed by atoms with van der Waals surface area (Å²) in [5.41, 5.74) is -2.45. The van der Waals surface area contributed by atoms with Gasteiger partial charge in [0.25, 0.3) is 0 Å². The van der Waals surface area contributed by atoms with Gasteiger partial charge in [-0.3, -0.25) is 4.57 Å². The molecule has 0 aliphatic carbocycles. The summed E-state index contributed by atoms with van der Waals surface area (Å²) < 4.78 is 226. The highest BCUT2D eigenvalue weighted by Crippen LogP contribution is 2.40. The third-order valence-electron chi connectivity index (χ3n) is 13.8. The van der Waals surface area contributed by atoms with Gasteiger partial charge in [-0.1, -0.05) is 218 Å². The van der Waals surface area contributed by atoms with Crippen LogP contribution in [0.25, 0.3) is 106 Å². The molecule has 4 heterocycles. The lowest BCUT2D eigenvalue weighted by Gasteiger charge is -2.35. The number of nitrogens with zero attached hydrogens (tertiary/aromatic N) is 6. The Hall–Kier alpha value is -9.95.